The average molecular weight is 402 g/mol. The maximum Gasteiger partial charge on any atom is 0.227 e. The lowest BCUT2D eigenvalue weighted by Gasteiger charge is -2.33. The Labute approximate surface area is 167 Å². The predicted molar refractivity (Wildman–Crippen MR) is 106 cm³/mol. The van der Waals surface area contributed by atoms with E-state index in [1.165, 1.54) is 11.8 Å². The maximum absolute atomic E-state index is 12.9. The molecule has 0 fully saturated rings. The summed E-state index contributed by atoms with van der Waals surface area (Å²) in [4.78, 5) is 17.5. The van der Waals surface area contributed by atoms with Crippen LogP contribution in [0.1, 0.15) is 30.9 Å². The Hall–Kier alpha value is -2.68. The Morgan fingerprint density at radius 1 is 1.11 bits per heavy atom. The van der Waals surface area contributed by atoms with Crippen LogP contribution in [-0.2, 0) is 4.79 Å². The second kappa shape index (κ2) is 7.38. The summed E-state index contributed by atoms with van der Waals surface area (Å²) >= 11 is 1.45. The van der Waals surface area contributed by atoms with E-state index in [0.717, 1.165) is 24.1 Å². The molecular weight excluding hydrogens is 380 g/mol. The van der Waals surface area contributed by atoms with E-state index in [1.807, 2.05) is 12.3 Å². The lowest BCUT2D eigenvalue weighted by atomic mass is 9.85. The van der Waals surface area contributed by atoms with Crippen LogP contribution in [0.2, 0.25) is 0 Å². The van der Waals surface area contributed by atoms with Crippen molar-refractivity contribution in [2.75, 3.05) is 32.9 Å². The van der Waals surface area contributed by atoms with Crippen LogP contribution in [0, 0.1) is 0 Å². The number of carbonyl (C=O) groups excluding carboxylic acids is 1. The summed E-state index contributed by atoms with van der Waals surface area (Å²) in [5.74, 6) is 2.46. The number of nitrogens with one attached hydrogen (secondary N) is 1. The monoisotopic (exact) mass is 402 g/mol. The molecule has 1 atom stereocenters. The highest BCUT2D eigenvalue weighted by Gasteiger charge is 2.38. The van der Waals surface area contributed by atoms with E-state index in [0.29, 0.717) is 40.3 Å². The third-order valence-corrected chi connectivity index (χ3v) is 5.60. The van der Waals surface area contributed by atoms with Crippen molar-refractivity contribution in [2.45, 2.75) is 30.5 Å². The molecule has 4 rings (SSSR count). The minimum absolute atomic E-state index is 0.113. The van der Waals surface area contributed by atoms with E-state index < -0.39 is 6.04 Å². The minimum Gasteiger partial charge on any atom is -0.496 e. The number of ketones is 1. The summed E-state index contributed by atoms with van der Waals surface area (Å²) in [5, 5.41) is 8.57. The van der Waals surface area contributed by atoms with Crippen LogP contribution in [0.15, 0.2) is 28.6 Å². The van der Waals surface area contributed by atoms with Gasteiger partial charge in [-0.2, -0.15) is 4.98 Å². The number of allylic oxidation sites excluding steroid dienone is 2. The van der Waals surface area contributed by atoms with Crippen LogP contribution in [0.25, 0.3) is 0 Å². The molecular formula is C19H22N4O4S. The van der Waals surface area contributed by atoms with Gasteiger partial charge in [0.05, 0.1) is 21.3 Å². The van der Waals surface area contributed by atoms with Gasteiger partial charge in [-0.15, -0.1) is 5.10 Å². The van der Waals surface area contributed by atoms with Crippen LogP contribution in [0.4, 0.5) is 5.95 Å². The van der Waals surface area contributed by atoms with Gasteiger partial charge in [0.1, 0.15) is 11.8 Å². The lowest BCUT2D eigenvalue weighted by Crippen LogP contribution is -2.31. The summed E-state index contributed by atoms with van der Waals surface area (Å²) < 4.78 is 18.3. The van der Waals surface area contributed by atoms with Gasteiger partial charge in [-0.3, -0.25) is 4.79 Å². The highest BCUT2D eigenvalue weighted by molar-refractivity contribution is 7.98. The van der Waals surface area contributed by atoms with Crippen molar-refractivity contribution < 1.29 is 19.0 Å². The molecule has 0 saturated heterocycles. The molecule has 148 valence electrons. The Morgan fingerprint density at radius 3 is 2.50 bits per heavy atom. The fraction of sp³-hybridized carbons (Fsp3) is 0.421. The topological polar surface area (TPSA) is 87.5 Å². The van der Waals surface area contributed by atoms with Crippen LogP contribution in [-0.4, -0.2) is 48.1 Å². The summed E-state index contributed by atoms with van der Waals surface area (Å²) in [6.07, 6.45) is 4.07. The molecule has 1 aromatic carbocycles. The lowest BCUT2D eigenvalue weighted by molar-refractivity contribution is -0.116. The normalized spacial score (nSPS) is 18.3. The number of methoxy groups -OCH3 is 3. The molecule has 1 aliphatic heterocycles. The number of anilines is 1. The van der Waals surface area contributed by atoms with Crippen molar-refractivity contribution in [3.8, 4) is 17.2 Å². The number of aromatic nitrogens is 3. The van der Waals surface area contributed by atoms with Gasteiger partial charge in [0.15, 0.2) is 17.3 Å². The Balaban J connectivity index is 1.97. The molecule has 0 saturated carbocycles. The first-order valence-electron chi connectivity index (χ1n) is 8.95. The summed E-state index contributed by atoms with van der Waals surface area (Å²) in [7, 11) is 4.76. The summed E-state index contributed by atoms with van der Waals surface area (Å²) in [6.45, 7) is 0. The molecule has 2 aliphatic rings. The van der Waals surface area contributed by atoms with Crippen molar-refractivity contribution in [3.63, 3.8) is 0 Å². The zero-order valence-corrected chi connectivity index (χ0v) is 17.1. The number of hydrogen-bond donors (Lipinski definition) is 1. The fourth-order valence-corrected chi connectivity index (χ4v) is 4.12. The van der Waals surface area contributed by atoms with Gasteiger partial charge >= 0.3 is 0 Å². The molecule has 0 amide bonds. The van der Waals surface area contributed by atoms with Gasteiger partial charge in [-0.25, -0.2) is 4.68 Å². The zero-order valence-electron chi connectivity index (χ0n) is 16.2. The Bertz CT molecular complexity index is 969. The number of Topliss-reactive ketones (excluding diaryl/α,β-unsaturated/α-hetero) is 1. The highest BCUT2D eigenvalue weighted by atomic mass is 32.2. The van der Waals surface area contributed by atoms with E-state index in [-0.39, 0.29) is 5.78 Å². The van der Waals surface area contributed by atoms with Crippen LogP contribution in [0.3, 0.4) is 0 Å². The minimum atomic E-state index is -0.442. The molecule has 1 aliphatic carbocycles. The number of carbonyl (C=O) groups is 1. The number of nitrogens with zero attached hydrogens (tertiary/aromatic N) is 3. The molecule has 0 bridgehead atoms. The number of ether oxygens (including phenoxy) is 3. The van der Waals surface area contributed by atoms with Gasteiger partial charge in [0.2, 0.25) is 11.1 Å². The van der Waals surface area contributed by atoms with Crippen molar-refractivity contribution in [1.29, 1.82) is 0 Å². The molecule has 9 heteroatoms. The van der Waals surface area contributed by atoms with Crippen LogP contribution >= 0.6 is 11.8 Å². The van der Waals surface area contributed by atoms with Crippen molar-refractivity contribution in [2.24, 2.45) is 0 Å². The summed E-state index contributed by atoms with van der Waals surface area (Å²) in [5.41, 5.74) is 2.40. The zero-order chi connectivity index (χ0) is 19.8. The Morgan fingerprint density at radius 2 is 1.82 bits per heavy atom. The molecule has 28 heavy (non-hydrogen) atoms. The third-order valence-electron chi connectivity index (χ3n) is 5.06. The van der Waals surface area contributed by atoms with E-state index in [9.17, 15) is 4.79 Å². The second-order valence-corrected chi connectivity index (χ2v) is 7.29. The number of hydrogen-bond acceptors (Lipinski definition) is 8. The van der Waals surface area contributed by atoms with E-state index in [4.69, 9.17) is 14.2 Å². The first-order valence-corrected chi connectivity index (χ1v) is 10.2. The fourth-order valence-electron chi connectivity index (χ4n) is 3.78. The summed E-state index contributed by atoms with van der Waals surface area (Å²) in [6, 6.07) is 3.18. The molecule has 0 unspecified atom stereocenters. The van der Waals surface area contributed by atoms with Gasteiger partial charge in [0.25, 0.3) is 0 Å². The molecule has 0 spiro atoms. The number of benzene rings is 1. The predicted octanol–water partition coefficient (Wildman–Crippen LogP) is 3.05. The molecule has 2 heterocycles. The number of rotatable bonds is 5. The van der Waals surface area contributed by atoms with Crippen molar-refractivity contribution in [1.82, 2.24) is 14.8 Å². The van der Waals surface area contributed by atoms with Gasteiger partial charge in [-0.1, -0.05) is 11.8 Å². The third kappa shape index (κ3) is 2.90. The first kappa shape index (κ1) is 18.7. The van der Waals surface area contributed by atoms with E-state index in [1.54, 1.807) is 32.1 Å². The SMILES string of the molecule is COc1cc(OC)c([C@H]2C3=C(CCCC3=O)Nc3nc(SC)nn32)cc1OC. The van der Waals surface area contributed by atoms with Gasteiger partial charge < -0.3 is 19.5 Å². The largest absolute Gasteiger partial charge is 0.496 e. The Kier molecular flexibility index (Phi) is 4.92. The second-order valence-electron chi connectivity index (χ2n) is 6.51. The highest BCUT2D eigenvalue weighted by Crippen LogP contribution is 2.46. The maximum atomic E-state index is 12.9. The first-order chi connectivity index (χ1) is 13.6. The molecule has 8 nitrogen and oxygen atoms in total. The average Bonchev–Trinajstić information content (AvgIpc) is 3.14. The van der Waals surface area contributed by atoms with Crippen molar-refractivity contribution >= 4 is 23.5 Å². The molecule has 1 aromatic heterocycles. The standard InChI is InChI=1S/C19H22N4O4S/c1-25-13-9-15(27-3)14(26-2)8-10(13)17-16-11(6-5-7-12(16)24)20-18-21-19(28-4)22-23(17)18/h8-9,17H,5-7H2,1-4H3,(H,20,21,22)/t17-/m0/s1. The molecule has 1 N–H and O–H groups in total. The quantitative estimate of drug-likeness (QED) is 0.764. The van der Waals surface area contributed by atoms with Crippen molar-refractivity contribution in [3.05, 3.63) is 29.0 Å². The smallest absolute Gasteiger partial charge is 0.227 e. The van der Waals surface area contributed by atoms with E-state index >= 15 is 0 Å². The number of thioether (sulfide) groups is 1. The van der Waals surface area contributed by atoms with Gasteiger partial charge in [0, 0.05) is 29.3 Å². The molecule has 0 radical (unpaired) electrons. The number of fused-ring (bicyclic) bond motifs is 1. The molecule has 2 aromatic rings. The van der Waals surface area contributed by atoms with E-state index in [2.05, 4.69) is 15.4 Å². The van der Waals surface area contributed by atoms with Crippen LogP contribution < -0.4 is 19.5 Å². The van der Waals surface area contributed by atoms with Crippen LogP contribution in [0.5, 0.6) is 17.2 Å². The van der Waals surface area contributed by atoms with Gasteiger partial charge in [-0.05, 0) is 25.2 Å².